The molecule has 0 spiro atoms. The van der Waals surface area contributed by atoms with Gasteiger partial charge in [0, 0.05) is 13.6 Å². The topological polar surface area (TPSA) is 37.4 Å². The molecule has 1 heterocycles. The van der Waals surface area contributed by atoms with E-state index in [0.29, 0.717) is 6.54 Å². The van der Waals surface area contributed by atoms with Gasteiger partial charge in [-0.15, -0.1) is 0 Å². The summed E-state index contributed by atoms with van der Waals surface area (Å²) in [4.78, 5) is 0. The molecule has 4 heteroatoms. The minimum Gasteiger partial charge on any atom is -0.212 e. The first-order valence-corrected chi connectivity index (χ1v) is 6.22. The van der Waals surface area contributed by atoms with E-state index in [1.807, 2.05) is 20.8 Å². The molecule has 1 aliphatic rings. The van der Waals surface area contributed by atoms with Crippen molar-refractivity contribution in [2.45, 2.75) is 38.9 Å². The average Bonchev–Trinajstić information content (AvgIpc) is 1.92. The van der Waals surface area contributed by atoms with E-state index in [2.05, 4.69) is 0 Å². The first-order valence-electron chi connectivity index (χ1n) is 4.71. The Bertz CT molecular complexity index is 276. The molecule has 1 atom stereocenters. The lowest BCUT2D eigenvalue weighted by Crippen LogP contribution is -2.47. The van der Waals surface area contributed by atoms with Gasteiger partial charge in [0.25, 0.3) is 0 Å². The lowest BCUT2D eigenvalue weighted by Gasteiger charge is -2.37. The van der Waals surface area contributed by atoms with Gasteiger partial charge >= 0.3 is 0 Å². The molecule has 0 aromatic heterocycles. The van der Waals surface area contributed by atoms with Crippen LogP contribution in [0.25, 0.3) is 0 Å². The predicted molar refractivity (Wildman–Crippen MR) is 54.0 cm³/mol. The molecule has 0 aromatic carbocycles. The smallest absolute Gasteiger partial charge is 0.212 e. The summed E-state index contributed by atoms with van der Waals surface area (Å²) in [7, 11) is -1.35. The second kappa shape index (κ2) is 3.24. The van der Waals surface area contributed by atoms with Gasteiger partial charge in [-0.2, -0.15) is 0 Å². The highest BCUT2D eigenvalue weighted by Crippen LogP contribution is 2.33. The Hall–Kier alpha value is -0.0900. The third-order valence-corrected chi connectivity index (χ3v) is 5.41. The molecule has 1 unspecified atom stereocenters. The Kier molecular flexibility index (Phi) is 2.74. The number of hydrogen-bond acceptors (Lipinski definition) is 2. The first-order chi connectivity index (χ1) is 5.76. The van der Waals surface area contributed by atoms with Crippen molar-refractivity contribution in [3.05, 3.63) is 0 Å². The zero-order valence-electron chi connectivity index (χ0n) is 8.87. The van der Waals surface area contributed by atoms with E-state index < -0.39 is 10.0 Å². The van der Waals surface area contributed by atoms with Gasteiger partial charge in [0.2, 0.25) is 10.0 Å². The molecule has 1 saturated heterocycles. The van der Waals surface area contributed by atoms with Crippen molar-refractivity contribution in [3.8, 4) is 0 Å². The van der Waals surface area contributed by atoms with Crippen molar-refractivity contribution in [3.63, 3.8) is 0 Å². The van der Waals surface area contributed by atoms with E-state index in [1.54, 1.807) is 7.05 Å². The molecule has 0 aliphatic carbocycles. The quantitative estimate of drug-likeness (QED) is 0.600. The molecule has 0 radical (unpaired) electrons. The third kappa shape index (κ3) is 2.05. The molecule has 0 N–H and O–H groups in total. The summed E-state index contributed by atoms with van der Waals surface area (Å²) in [5.41, 5.74) is -0.145. The van der Waals surface area contributed by atoms with Crippen LogP contribution in [0.15, 0.2) is 0 Å². The van der Waals surface area contributed by atoms with Crippen LogP contribution >= 0.6 is 0 Å². The summed E-state index contributed by atoms with van der Waals surface area (Å²) in [5.74, 6) is 0. The number of hydrogen-bond donors (Lipinski definition) is 0. The summed E-state index contributed by atoms with van der Waals surface area (Å²) in [6.45, 7) is 6.66. The van der Waals surface area contributed by atoms with Gasteiger partial charge in [-0.1, -0.05) is 20.8 Å². The molecule has 3 nitrogen and oxygen atoms in total. The second-order valence-electron chi connectivity index (χ2n) is 4.86. The Labute approximate surface area is 81.2 Å². The Morgan fingerprint density at radius 3 is 2.23 bits per heavy atom. The van der Waals surface area contributed by atoms with E-state index in [9.17, 15) is 8.42 Å². The van der Waals surface area contributed by atoms with E-state index in [1.165, 1.54) is 4.31 Å². The van der Waals surface area contributed by atoms with Gasteiger partial charge in [0.1, 0.15) is 0 Å². The van der Waals surface area contributed by atoms with Crippen LogP contribution in [0, 0.1) is 5.41 Å². The molecule has 1 rings (SSSR count). The van der Waals surface area contributed by atoms with Crippen LogP contribution < -0.4 is 0 Å². The van der Waals surface area contributed by atoms with Gasteiger partial charge in [-0.05, 0) is 18.3 Å². The van der Waals surface area contributed by atoms with Crippen LogP contribution in [0.2, 0.25) is 0 Å². The maximum atomic E-state index is 11.9. The van der Waals surface area contributed by atoms with E-state index >= 15 is 0 Å². The van der Waals surface area contributed by atoms with Crippen molar-refractivity contribution in [1.82, 2.24) is 4.31 Å². The zero-order valence-corrected chi connectivity index (χ0v) is 9.69. The highest BCUT2D eigenvalue weighted by Gasteiger charge is 2.40. The van der Waals surface area contributed by atoms with Gasteiger partial charge in [-0.25, -0.2) is 12.7 Å². The molecule has 0 amide bonds. The molecule has 78 valence electrons. The summed E-state index contributed by atoms with van der Waals surface area (Å²) < 4.78 is 25.3. The van der Waals surface area contributed by atoms with Gasteiger partial charge in [0.15, 0.2) is 0 Å². The van der Waals surface area contributed by atoms with Crippen LogP contribution in [0.1, 0.15) is 33.6 Å². The van der Waals surface area contributed by atoms with Crippen LogP contribution in [-0.2, 0) is 10.0 Å². The maximum Gasteiger partial charge on any atom is 0.217 e. The van der Waals surface area contributed by atoms with Gasteiger partial charge < -0.3 is 0 Å². The monoisotopic (exact) mass is 205 g/mol. The van der Waals surface area contributed by atoms with Crippen LogP contribution in [0.5, 0.6) is 0 Å². The molecule has 1 aliphatic heterocycles. The summed E-state index contributed by atoms with van der Waals surface area (Å²) in [5, 5.41) is -0.209. The number of nitrogens with zero attached hydrogens (tertiary/aromatic N) is 1. The van der Waals surface area contributed by atoms with Crippen LogP contribution in [0.3, 0.4) is 0 Å². The molecule has 13 heavy (non-hydrogen) atoms. The van der Waals surface area contributed by atoms with E-state index in [-0.39, 0.29) is 10.7 Å². The normalized spacial score (nSPS) is 30.3. The van der Waals surface area contributed by atoms with Crippen LogP contribution in [0.4, 0.5) is 0 Å². The standard InChI is InChI=1S/C9H19NO2S/c1-9(2,3)8-6-5-7-10(4)13(8,11)12/h8H,5-7H2,1-4H3. The molecule has 0 saturated carbocycles. The average molecular weight is 205 g/mol. The van der Waals surface area contributed by atoms with Crippen molar-refractivity contribution in [1.29, 1.82) is 0 Å². The molecular formula is C9H19NO2S. The van der Waals surface area contributed by atoms with Crippen molar-refractivity contribution in [2.24, 2.45) is 5.41 Å². The minimum absolute atomic E-state index is 0.145. The van der Waals surface area contributed by atoms with E-state index in [0.717, 1.165) is 12.8 Å². The largest absolute Gasteiger partial charge is 0.217 e. The van der Waals surface area contributed by atoms with Crippen molar-refractivity contribution < 1.29 is 8.42 Å². The fraction of sp³-hybridized carbons (Fsp3) is 1.00. The SMILES string of the molecule is CN1CCCC(C(C)(C)C)S1(=O)=O. The lowest BCUT2D eigenvalue weighted by atomic mass is 9.89. The van der Waals surface area contributed by atoms with Crippen molar-refractivity contribution >= 4 is 10.0 Å². The summed E-state index contributed by atoms with van der Waals surface area (Å²) >= 11 is 0. The molecule has 0 aromatic rings. The second-order valence-corrected chi connectivity index (χ2v) is 7.09. The highest BCUT2D eigenvalue weighted by molar-refractivity contribution is 7.89. The predicted octanol–water partition coefficient (Wildman–Crippen LogP) is 1.46. The molecular weight excluding hydrogens is 186 g/mol. The lowest BCUT2D eigenvalue weighted by molar-refractivity contribution is 0.307. The van der Waals surface area contributed by atoms with Crippen LogP contribution in [-0.4, -0.2) is 31.6 Å². The summed E-state index contributed by atoms with van der Waals surface area (Å²) in [6, 6.07) is 0. The zero-order chi connectivity index (χ0) is 10.3. The maximum absolute atomic E-state index is 11.9. The Morgan fingerprint density at radius 2 is 1.85 bits per heavy atom. The van der Waals surface area contributed by atoms with E-state index in [4.69, 9.17) is 0 Å². The molecule has 0 bridgehead atoms. The summed E-state index contributed by atoms with van der Waals surface area (Å²) in [6.07, 6.45) is 1.79. The first kappa shape index (κ1) is 11.0. The number of rotatable bonds is 0. The fourth-order valence-electron chi connectivity index (χ4n) is 1.87. The fourth-order valence-corrected chi connectivity index (χ4v) is 4.05. The number of sulfonamides is 1. The third-order valence-electron chi connectivity index (χ3n) is 2.70. The van der Waals surface area contributed by atoms with Gasteiger partial charge in [-0.3, -0.25) is 0 Å². The Balaban J connectivity index is 2.99. The van der Waals surface area contributed by atoms with Crippen molar-refractivity contribution in [2.75, 3.05) is 13.6 Å². The molecule has 1 fully saturated rings. The minimum atomic E-state index is -3.03. The highest BCUT2D eigenvalue weighted by atomic mass is 32.2. The van der Waals surface area contributed by atoms with Gasteiger partial charge in [0.05, 0.1) is 5.25 Å². The Morgan fingerprint density at radius 1 is 1.31 bits per heavy atom.